The van der Waals surface area contributed by atoms with Crippen molar-refractivity contribution in [2.75, 3.05) is 5.32 Å². The number of anilines is 1. The highest BCUT2D eigenvalue weighted by Gasteiger charge is 2.28. The van der Waals surface area contributed by atoms with Crippen molar-refractivity contribution in [3.05, 3.63) is 24.3 Å². The minimum absolute atomic E-state index is 0.114. The Morgan fingerprint density at radius 1 is 1.44 bits per heavy atom. The van der Waals surface area contributed by atoms with E-state index >= 15 is 0 Å². The van der Waals surface area contributed by atoms with Gasteiger partial charge in [0.05, 0.1) is 11.6 Å². The lowest BCUT2D eigenvalue weighted by Crippen LogP contribution is -2.27. The van der Waals surface area contributed by atoms with Crippen LogP contribution in [0.25, 0.3) is 10.9 Å². The third-order valence-electron chi connectivity index (χ3n) is 3.24. The van der Waals surface area contributed by atoms with Crippen LogP contribution >= 0.6 is 0 Å². The van der Waals surface area contributed by atoms with Gasteiger partial charge in [0, 0.05) is 5.39 Å². The predicted molar refractivity (Wildman–Crippen MR) is 68.3 cm³/mol. The highest BCUT2D eigenvalue weighted by Crippen LogP contribution is 2.23. The van der Waals surface area contributed by atoms with Gasteiger partial charge in [0.2, 0.25) is 0 Å². The summed E-state index contributed by atoms with van der Waals surface area (Å²) in [4.78, 5) is 12.0. The molecule has 2 unspecified atom stereocenters. The number of nitrogens with one attached hydrogen (secondary N) is 2. The molecule has 1 aliphatic rings. The second-order valence-electron chi connectivity index (χ2n) is 4.62. The summed E-state index contributed by atoms with van der Waals surface area (Å²) < 4.78 is 5.53. The van der Waals surface area contributed by atoms with Crippen LogP contribution in [0.4, 0.5) is 5.82 Å². The lowest BCUT2D eigenvalue weighted by Gasteiger charge is -2.10. The summed E-state index contributed by atoms with van der Waals surface area (Å²) in [6, 6.07) is 7.69. The quantitative estimate of drug-likeness (QED) is 0.851. The summed E-state index contributed by atoms with van der Waals surface area (Å²) in [6.45, 7) is 1.98. The number of carbonyl (C=O) groups is 1. The maximum Gasteiger partial charge on any atom is 0.254 e. The van der Waals surface area contributed by atoms with Crippen molar-refractivity contribution in [3.8, 4) is 0 Å². The van der Waals surface area contributed by atoms with Gasteiger partial charge in [-0.05, 0) is 31.9 Å². The largest absolute Gasteiger partial charge is 0.365 e. The summed E-state index contributed by atoms with van der Waals surface area (Å²) >= 11 is 0. The molecule has 94 valence electrons. The molecule has 2 heterocycles. The number of amides is 1. The van der Waals surface area contributed by atoms with Crippen LogP contribution in [0.5, 0.6) is 0 Å². The maximum absolute atomic E-state index is 12.0. The zero-order valence-corrected chi connectivity index (χ0v) is 10.1. The molecule has 0 bridgehead atoms. The molecular weight excluding hydrogens is 230 g/mol. The van der Waals surface area contributed by atoms with Crippen molar-refractivity contribution in [2.45, 2.75) is 32.0 Å². The fourth-order valence-corrected chi connectivity index (χ4v) is 2.25. The summed E-state index contributed by atoms with van der Waals surface area (Å²) in [5.41, 5.74) is 0.911. The summed E-state index contributed by atoms with van der Waals surface area (Å²) in [7, 11) is 0. The summed E-state index contributed by atoms with van der Waals surface area (Å²) in [5.74, 6) is 0.454. The Bertz CT molecular complexity index is 578. The van der Waals surface area contributed by atoms with Gasteiger partial charge in [-0.2, -0.15) is 5.10 Å². The van der Waals surface area contributed by atoms with Gasteiger partial charge in [-0.1, -0.05) is 12.1 Å². The van der Waals surface area contributed by atoms with Gasteiger partial charge in [-0.15, -0.1) is 0 Å². The zero-order valence-electron chi connectivity index (χ0n) is 10.1. The average Bonchev–Trinajstić information content (AvgIpc) is 2.97. The molecule has 2 atom stereocenters. The smallest absolute Gasteiger partial charge is 0.254 e. The molecule has 1 aromatic heterocycles. The minimum Gasteiger partial charge on any atom is -0.365 e. The zero-order chi connectivity index (χ0) is 12.5. The van der Waals surface area contributed by atoms with Crippen LogP contribution in [0.1, 0.15) is 19.8 Å². The average molecular weight is 245 g/mol. The van der Waals surface area contributed by atoms with Crippen LogP contribution in [0.2, 0.25) is 0 Å². The van der Waals surface area contributed by atoms with E-state index in [0.717, 1.165) is 23.7 Å². The van der Waals surface area contributed by atoms with E-state index < -0.39 is 0 Å². The first-order valence-corrected chi connectivity index (χ1v) is 6.13. The van der Waals surface area contributed by atoms with E-state index in [1.165, 1.54) is 0 Å². The van der Waals surface area contributed by atoms with E-state index in [9.17, 15) is 4.79 Å². The third kappa shape index (κ3) is 1.97. The highest BCUT2D eigenvalue weighted by molar-refractivity contribution is 6.01. The third-order valence-corrected chi connectivity index (χ3v) is 3.24. The van der Waals surface area contributed by atoms with Gasteiger partial charge in [0.1, 0.15) is 6.10 Å². The number of H-pyrrole nitrogens is 1. The number of ether oxygens (including phenoxy) is 1. The number of aromatic amines is 1. The molecule has 5 heteroatoms. The van der Waals surface area contributed by atoms with Crippen LogP contribution in [-0.2, 0) is 9.53 Å². The van der Waals surface area contributed by atoms with Gasteiger partial charge in [-0.25, -0.2) is 0 Å². The monoisotopic (exact) mass is 245 g/mol. The standard InChI is InChI=1S/C13H15N3O2/c1-8-6-7-11(18-8)13(17)14-12-9-4-2-3-5-10(9)15-16-12/h2-5,8,11H,6-7H2,1H3,(H2,14,15,16,17). The molecule has 0 radical (unpaired) electrons. The van der Waals surface area contributed by atoms with Crippen LogP contribution in [0.15, 0.2) is 24.3 Å². The number of rotatable bonds is 2. The molecule has 0 saturated carbocycles. The first-order valence-electron chi connectivity index (χ1n) is 6.13. The van der Waals surface area contributed by atoms with Crippen LogP contribution in [-0.4, -0.2) is 28.3 Å². The minimum atomic E-state index is -0.351. The number of carbonyl (C=O) groups excluding carboxylic acids is 1. The Morgan fingerprint density at radius 2 is 2.28 bits per heavy atom. The van der Waals surface area contributed by atoms with E-state index in [4.69, 9.17) is 4.74 Å². The normalized spacial score (nSPS) is 23.4. The second-order valence-corrected chi connectivity index (χ2v) is 4.62. The van der Waals surface area contributed by atoms with Crippen molar-refractivity contribution < 1.29 is 9.53 Å². The first-order chi connectivity index (χ1) is 8.74. The molecule has 18 heavy (non-hydrogen) atoms. The predicted octanol–water partition coefficient (Wildman–Crippen LogP) is 2.07. The summed E-state index contributed by atoms with van der Waals surface area (Å²) in [6.07, 6.45) is 1.52. The summed E-state index contributed by atoms with van der Waals surface area (Å²) in [5, 5.41) is 10.7. The SMILES string of the molecule is CC1CCC(C(=O)Nc2n[nH]c3ccccc23)O1. The Labute approximate surface area is 105 Å². The molecule has 0 spiro atoms. The van der Waals surface area contributed by atoms with E-state index in [2.05, 4.69) is 15.5 Å². The Hall–Kier alpha value is -1.88. The molecule has 5 nitrogen and oxygen atoms in total. The Morgan fingerprint density at radius 3 is 3.06 bits per heavy atom. The topological polar surface area (TPSA) is 67.0 Å². The molecule has 1 amide bonds. The van der Waals surface area contributed by atoms with Crippen molar-refractivity contribution in [1.82, 2.24) is 10.2 Å². The molecule has 2 N–H and O–H groups in total. The number of fused-ring (bicyclic) bond motifs is 1. The van der Waals surface area contributed by atoms with Crippen molar-refractivity contribution in [3.63, 3.8) is 0 Å². The van der Waals surface area contributed by atoms with Crippen molar-refractivity contribution >= 4 is 22.6 Å². The lowest BCUT2D eigenvalue weighted by molar-refractivity contribution is -0.126. The van der Waals surface area contributed by atoms with Crippen LogP contribution in [0, 0.1) is 0 Å². The van der Waals surface area contributed by atoms with Crippen LogP contribution in [0.3, 0.4) is 0 Å². The fourth-order valence-electron chi connectivity index (χ4n) is 2.25. The van der Waals surface area contributed by atoms with Crippen LogP contribution < -0.4 is 5.32 Å². The van der Waals surface area contributed by atoms with Gasteiger partial charge >= 0.3 is 0 Å². The van der Waals surface area contributed by atoms with Crippen molar-refractivity contribution in [2.24, 2.45) is 0 Å². The van der Waals surface area contributed by atoms with E-state index in [-0.39, 0.29) is 18.1 Å². The molecule has 1 fully saturated rings. The first kappa shape index (κ1) is 11.2. The molecule has 3 rings (SSSR count). The van der Waals surface area contributed by atoms with E-state index in [1.807, 2.05) is 31.2 Å². The Balaban J connectivity index is 1.78. The molecule has 1 aromatic carbocycles. The number of hydrogen-bond donors (Lipinski definition) is 2. The van der Waals surface area contributed by atoms with Crippen molar-refractivity contribution in [1.29, 1.82) is 0 Å². The second kappa shape index (κ2) is 4.42. The number of hydrogen-bond acceptors (Lipinski definition) is 3. The highest BCUT2D eigenvalue weighted by atomic mass is 16.5. The number of aromatic nitrogens is 2. The maximum atomic E-state index is 12.0. The van der Waals surface area contributed by atoms with E-state index in [1.54, 1.807) is 0 Å². The number of benzene rings is 1. The molecule has 1 aliphatic heterocycles. The fraction of sp³-hybridized carbons (Fsp3) is 0.385. The van der Waals surface area contributed by atoms with Gasteiger partial charge < -0.3 is 10.1 Å². The Kier molecular flexibility index (Phi) is 2.76. The van der Waals surface area contributed by atoms with Gasteiger partial charge in [0.25, 0.3) is 5.91 Å². The molecule has 1 saturated heterocycles. The van der Waals surface area contributed by atoms with E-state index in [0.29, 0.717) is 5.82 Å². The van der Waals surface area contributed by atoms with Gasteiger partial charge in [-0.3, -0.25) is 9.89 Å². The lowest BCUT2D eigenvalue weighted by atomic mass is 10.2. The number of para-hydroxylation sites is 1. The number of nitrogens with zero attached hydrogens (tertiary/aromatic N) is 1. The molecule has 0 aliphatic carbocycles. The molecule has 2 aromatic rings. The van der Waals surface area contributed by atoms with Gasteiger partial charge in [0.15, 0.2) is 5.82 Å². The molecular formula is C13H15N3O2.